The molecule has 0 aliphatic heterocycles. The number of nitrogen functional groups attached to an aromatic ring is 1. The van der Waals surface area contributed by atoms with E-state index in [4.69, 9.17) is 5.73 Å². The Labute approximate surface area is 108 Å². The Morgan fingerprint density at radius 1 is 1.50 bits per heavy atom. The van der Waals surface area contributed by atoms with Crippen LogP contribution in [0.4, 0.5) is 15.8 Å². The van der Waals surface area contributed by atoms with Crippen molar-refractivity contribution in [3.8, 4) is 0 Å². The molecule has 0 aromatic carbocycles. The van der Waals surface area contributed by atoms with Gasteiger partial charge in [0, 0.05) is 17.6 Å². The highest BCUT2D eigenvalue weighted by Gasteiger charge is 2.25. The van der Waals surface area contributed by atoms with Crippen LogP contribution in [0.5, 0.6) is 0 Å². The molecule has 2 rings (SSSR count). The fourth-order valence-corrected chi connectivity index (χ4v) is 3.78. The number of hydrogen-bond acceptors (Lipinski definition) is 10. The minimum atomic E-state index is -3.97. The normalized spacial score (nSPS) is 11.3. The van der Waals surface area contributed by atoms with Gasteiger partial charge in [-0.1, -0.05) is 20.9 Å². The molecule has 0 spiro atoms. The molecule has 0 fully saturated rings. The molecule has 3 N–H and O–H groups in total. The quantitative estimate of drug-likeness (QED) is 0.603. The number of hydrogen-bond donors (Lipinski definition) is 2. The summed E-state index contributed by atoms with van der Waals surface area (Å²) in [6.45, 7) is 0. The summed E-state index contributed by atoms with van der Waals surface area (Å²) in [5, 5.41) is 17.0. The van der Waals surface area contributed by atoms with Crippen LogP contribution >= 0.6 is 22.9 Å². The lowest BCUT2D eigenvalue weighted by Gasteiger charge is -1.99. The number of nitrogens with two attached hydrogens (primary N) is 1. The second-order valence-electron chi connectivity index (χ2n) is 2.85. The Morgan fingerprint density at radius 3 is 2.72 bits per heavy atom. The lowest BCUT2D eigenvalue weighted by atomic mass is 10.5. The van der Waals surface area contributed by atoms with E-state index in [1.165, 1.54) is 0 Å². The number of sulfonamides is 1. The fourth-order valence-electron chi connectivity index (χ4n) is 0.986. The van der Waals surface area contributed by atoms with E-state index in [0.717, 1.165) is 17.6 Å². The van der Waals surface area contributed by atoms with Gasteiger partial charge in [0.15, 0.2) is 5.00 Å². The zero-order chi connectivity index (χ0) is 13.3. The van der Waals surface area contributed by atoms with E-state index in [2.05, 4.69) is 19.5 Å². The molecule has 0 unspecified atom stereocenters. The number of nitro groups is 1. The molecule has 0 radical (unpaired) electrons. The van der Waals surface area contributed by atoms with Crippen LogP contribution in [0.1, 0.15) is 0 Å². The first-order valence-electron chi connectivity index (χ1n) is 4.11. The number of rotatable bonds is 4. The second kappa shape index (κ2) is 4.43. The molecule has 10 nitrogen and oxygen atoms in total. The van der Waals surface area contributed by atoms with Crippen LogP contribution in [0.3, 0.4) is 0 Å². The van der Waals surface area contributed by atoms with Gasteiger partial charge in [-0.2, -0.15) is 0 Å². The van der Waals surface area contributed by atoms with E-state index >= 15 is 0 Å². The molecular weight excluding hydrogens is 304 g/mol. The van der Waals surface area contributed by atoms with E-state index < -0.39 is 20.6 Å². The van der Waals surface area contributed by atoms with Crippen LogP contribution in [-0.4, -0.2) is 28.1 Å². The number of nitrogens with one attached hydrogen (secondary N) is 1. The van der Waals surface area contributed by atoms with Crippen molar-refractivity contribution in [3.05, 3.63) is 16.2 Å². The van der Waals surface area contributed by atoms with E-state index in [-0.39, 0.29) is 14.3 Å². The summed E-state index contributed by atoms with van der Waals surface area (Å²) in [6, 6.07) is 0.886. The van der Waals surface area contributed by atoms with Crippen molar-refractivity contribution in [2.75, 3.05) is 10.5 Å². The Hall–Kier alpha value is -1.86. The van der Waals surface area contributed by atoms with Gasteiger partial charge < -0.3 is 5.73 Å². The van der Waals surface area contributed by atoms with Crippen molar-refractivity contribution in [3.63, 3.8) is 0 Å². The molecule has 2 aromatic heterocycles. The SMILES string of the molecule is Nc1sc(S(=O)(=O)Nc2nnns2)cc1[N+](=O)[O-]. The van der Waals surface area contributed by atoms with Crippen molar-refractivity contribution in [2.45, 2.75) is 4.21 Å². The van der Waals surface area contributed by atoms with Gasteiger partial charge in [0.25, 0.3) is 10.0 Å². The smallest absolute Gasteiger partial charge is 0.304 e. The topological polar surface area (TPSA) is 154 Å². The molecule has 2 aromatic rings. The summed E-state index contributed by atoms with van der Waals surface area (Å²) < 4.78 is 28.8. The minimum Gasteiger partial charge on any atom is -0.385 e. The largest absolute Gasteiger partial charge is 0.385 e. The standard InChI is InChI=1S/C5H4N6O4S3/c6-4-2(11(12)13)1-3(16-4)18(14,15)8-5-7-9-10-17-5/h1H,6H2,(H,7,8,10). The third kappa shape index (κ3) is 2.36. The zero-order valence-corrected chi connectivity index (χ0v) is 10.8. The molecule has 0 atom stereocenters. The minimum absolute atomic E-state index is 0.0374. The molecule has 0 saturated carbocycles. The maximum atomic E-state index is 11.8. The first-order valence-corrected chi connectivity index (χ1v) is 7.19. The van der Waals surface area contributed by atoms with Gasteiger partial charge in [-0.25, -0.2) is 8.42 Å². The Kier molecular flexibility index (Phi) is 3.10. The Bertz CT molecular complexity index is 676. The van der Waals surface area contributed by atoms with Gasteiger partial charge in [-0.15, -0.1) is 0 Å². The average Bonchev–Trinajstić information content (AvgIpc) is 2.86. The first-order chi connectivity index (χ1) is 8.40. The van der Waals surface area contributed by atoms with Gasteiger partial charge >= 0.3 is 5.69 Å². The molecule has 0 aliphatic rings. The summed E-state index contributed by atoms with van der Waals surface area (Å²) in [5.41, 5.74) is 4.91. The van der Waals surface area contributed by atoms with E-state index in [9.17, 15) is 18.5 Å². The molecule has 18 heavy (non-hydrogen) atoms. The maximum absolute atomic E-state index is 11.8. The Morgan fingerprint density at radius 2 is 2.22 bits per heavy atom. The highest BCUT2D eigenvalue weighted by Crippen LogP contribution is 2.35. The summed E-state index contributed by atoms with van der Waals surface area (Å²) in [5.74, 6) is 0. The third-order valence-electron chi connectivity index (χ3n) is 1.70. The van der Waals surface area contributed by atoms with Crippen LogP contribution in [-0.2, 0) is 10.0 Å². The van der Waals surface area contributed by atoms with Crippen molar-refractivity contribution in [1.82, 2.24) is 14.8 Å². The van der Waals surface area contributed by atoms with Gasteiger partial charge in [0.05, 0.1) is 4.92 Å². The lowest BCUT2D eigenvalue weighted by Crippen LogP contribution is -2.11. The fraction of sp³-hybridized carbons (Fsp3) is 0. The third-order valence-corrected chi connectivity index (χ3v) is 5.11. The van der Waals surface area contributed by atoms with Crippen LogP contribution < -0.4 is 10.5 Å². The Balaban J connectivity index is 2.36. The number of thiophene rings is 1. The predicted molar refractivity (Wildman–Crippen MR) is 63.9 cm³/mol. The zero-order valence-electron chi connectivity index (χ0n) is 8.30. The highest BCUT2D eigenvalue weighted by molar-refractivity contribution is 7.95. The van der Waals surface area contributed by atoms with Crippen molar-refractivity contribution in [1.29, 1.82) is 0 Å². The maximum Gasteiger partial charge on any atom is 0.304 e. The van der Waals surface area contributed by atoms with Crippen molar-refractivity contribution in [2.24, 2.45) is 0 Å². The lowest BCUT2D eigenvalue weighted by molar-refractivity contribution is -0.383. The molecule has 0 bridgehead atoms. The number of anilines is 2. The molecular formula is C5H4N6O4S3. The monoisotopic (exact) mass is 308 g/mol. The molecule has 0 saturated heterocycles. The van der Waals surface area contributed by atoms with Gasteiger partial charge in [-0.05, 0) is 5.21 Å². The number of nitrogens with zero attached hydrogens (tertiary/aromatic N) is 4. The highest BCUT2D eigenvalue weighted by atomic mass is 32.2. The molecule has 96 valence electrons. The first kappa shape index (κ1) is 12.6. The molecule has 2 heterocycles. The van der Waals surface area contributed by atoms with Gasteiger partial charge in [0.2, 0.25) is 5.13 Å². The van der Waals surface area contributed by atoms with E-state index in [1.54, 1.807) is 0 Å². The van der Waals surface area contributed by atoms with E-state index in [1.807, 2.05) is 0 Å². The van der Waals surface area contributed by atoms with E-state index in [0.29, 0.717) is 11.3 Å². The van der Waals surface area contributed by atoms with Crippen LogP contribution in [0.15, 0.2) is 10.3 Å². The van der Waals surface area contributed by atoms with Crippen molar-refractivity contribution < 1.29 is 13.3 Å². The average molecular weight is 308 g/mol. The summed E-state index contributed by atoms with van der Waals surface area (Å²) in [4.78, 5) is 9.81. The van der Waals surface area contributed by atoms with Gasteiger partial charge in [0.1, 0.15) is 4.21 Å². The van der Waals surface area contributed by atoms with Gasteiger partial charge in [-0.3, -0.25) is 14.8 Å². The van der Waals surface area contributed by atoms with Crippen LogP contribution in [0.2, 0.25) is 0 Å². The molecule has 0 aliphatic carbocycles. The molecule has 0 amide bonds. The predicted octanol–water partition coefficient (Wildman–Crippen LogP) is 0.286. The summed E-state index contributed by atoms with van der Waals surface area (Å²) >= 11 is 1.33. The molecule has 13 heteroatoms. The summed E-state index contributed by atoms with van der Waals surface area (Å²) in [7, 11) is -3.97. The van der Waals surface area contributed by atoms with Crippen LogP contribution in [0.25, 0.3) is 0 Å². The summed E-state index contributed by atoms with van der Waals surface area (Å²) in [6.07, 6.45) is 0. The second-order valence-corrected chi connectivity index (χ2v) is 6.57. The van der Waals surface area contributed by atoms with Crippen LogP contribution in [0, 0.1) is 10.1 Å². The van der Waals surface area contributed by atoms with Crippen molar-refractivity contribution >= 4 is 48.7 Å². The number of aromatic nitrogens is 3.